The second kappa shape index (κ2) is 6.17. The van der Waals surface area contributed by atoms with Crippen LogP contribution in [-0.4, -0.2) is 23.1 Å². The summed E-state index contributed by atoms with van der Waals surface area (Å²) in [5, 5.41) is 1.34. The fraction of sp³-hybridized carbons (Fsp3) is 0.533. The Morgan fingerprint density at radius 3 is 2.70 bits per heavy atom. The van der Waals surface area contributed by atoms with Gasteiger partial charge in [0.05, 0.1) is 0 Å². The van der Waals surface area contributed by atoms with Crippen molar-refractivity contribution in [3.8, 4) is 0 Å². The van der Waals surface area contributed by atoms with E-state index in [1.807, 2.05) is 17.0 Å². The van der Waals surface area contributed by atoms with Crippen molar-refractivity contribution < 1.29 is 4.79 Å². The predicted molar refractivity (Wildman–Crippen MR) is 85.3 cm³/mol. The summed E-state index contributed by atoms with van der Waals surface area (Å²) in [5.41, 5.74) is 1.00. The van der Waals surface area contributed by atoms with Gasteiger partial charge >= 0.3 is 0 Å². The average Bonchev–Trinajstić information content (AvgIpc) is 3.09. The fourth-order valence-electron chi connectivity index (χ4n) is 3.06. The maximum Gasteiger partial charge on any atom is 0.226 e. The van der Waals surface area contributed by atoms with E-state index in [1.54, 1.807) is 17.8 Å². The van der Waals surface area contributed by atoms with Crippen molar-refractivity contribution in [2.24, 2.45) is 5.92 Å². The molecule has 20 heavy (non-hydrogen) atoms. The van der Waals surface area contributed by atoms with Gasteiger partial charge in [0.2, 0.25) is 5.91 Å². The van der Waals surface area contributed by atoms with Crippen LogP contribution in [-0.2, 0) is 4.79 Å². The van der Waals surface area contributed by atoms with Crippen molar-refractivity contribution in [3.63, 3.8) is 0 Å². The van der Waals surface area contributed by atoms with E-state index in [2.05, 4.69) is 0 Å². The van der Waals surface area contributed by atoms with Crippen LogP contribution in [0, 0.1) is 5.92 Å². The summed E-state index contributed by atoms with van der Waals surface area (Å²) in [7, 11) is 0. The molecule has 1 aromatic rings. The van der Waals surface area contributed by atoms with Crippen LogP contribution in [0.15, 0.2) is 18.2 Å². The molecule has 2 nitrogen and oxygen atoms in total. The third kappa shape index (κ3) is 2.81. The van der Waals surface area contributed by atoms with E-state index < -0.39 is 0 Å². The number of hydrogen-bond donors (Lipinski definition) is 0. The molecule has 1 aliphatic carbocycles. The van der Waals surface area contributed by atoms with Crippen molar-refractivity contribution in [3.05, 3.63) is 33.8 Å². The molecule has 1 heterocycles. The first kappa shape index (κ1) is 14.6. The van der Waals surface area contributed by atoms with E-state index in [0.29, 0.717) is 16.0 Å². The number of carbonyl (C=O) groups is 1. The Labute approximate surface area is 133 Å². The number of amides is 1. The molecule has 0 radical (unpaired) electrons. The molecule has 1 aromatic carbocycles. The molecule has 2 aliphatic rings. The molecule has 1 aliphatic heterocycles. The highest BCUT2D eigenvalue weighted by atomic mass is 35.5. The summed E-state index contributed by atoms with van der Waals surface area (Å²) in [6.07, 6.45) is 4.45. The Hall–Kier alpha value is -0.380. The van der Waals surface area contributed by atoms with Gasteiger partial charge in [0.15, 0.2) is 0 Å². The standard InChI is InChI=1S/C15H17Cl2NOS/c16-11-5-6-12(13(17)9-11)15-18(7-8-20-15)14(19)10-3-1-2-4-10/h5-6,9-10,15H,1-4,7-8H2/t15-/m1/s1. The van der Waals surface area contributed by atoms with Crippen LogP contribution in [0.25, 0.3) is 0 Å². The van der Waals surface area contributed by atoms with Crippen LogP contribution in [0.1, 0.15) is 36.6 Å². The van der Waals surface area contributed by atoms with Gasteiger partial charge in [-0.3, -0.25) is 4.79 Å². The zero-order valence-electron chi connectivity index (χ0n) is 11.1. The van der Waals surface area contributed by atoms with Crippen molar-refractivity contribution in [1.82, 2.24) is 4.90 Å². The zero-order valence-corrected chi connectivity index (χ0v) is 13.5. The largest absolute Gasteiger partial charge is 0.325 e. The van der Waals surface area contributed by atoms with Gasteiger partial charge in [-0.25, -0.2) is 0 Å². The summed E-state index contributed by atoms with van der Waals surface area (Å²) in [6.45, 7) is 0.823. The van der Waals surface area contributed by atoms with Gasteiger partial charge in [-0.15, -0.1) is 11.8 Å². The highest BCUT2D eigenvalue weighted by Crippen LogP contribution is 2.43. The number of carbonyl (C=O) groups excluding carboxylic acids is 1. The van der Waals surface area contributed by atoms with Crippen molar-refractivity contribution in [2.75, 3.05) is 12.3 Å². The van der Waals surface area contributed by atoms with E-state index in [9.17, 15) is 4.79 Å². The first-order chi connectivity index (χ1) is 9.66. The average molecular weight is 330 g/mol. The summed E-state index contributed by atoms with van der Waals surface area (Å²) in [5.74, 6) is 1.51. The molecule has 0 aromatic heterocycles. The number of hydrogen-bond acceptors (Lipinski definition) is 2. The minimum atomic E-state index is 0.0490. The molecule has 0 N–H and O–H groups in total. The lowest BCUT2D eigenvalue weighted by molar-refractivity contribution is -0.135. The van der Waals surface area contributed by atoms with Gasteiger partial charge in [0.1, 0.15) is 5.37 Å². The minimum Gasteiger partial charge on any atom is -0.325 e. The molecule has 108 valence electrons. The second-order valence-electron chi connectivity index (χ2n) is 5.40. The first-order valence-corrected chi connectivity index (χ1v) is 8.84. The van der Waals surface area contributed by atoms with Crippen LogP contribution in [0.2, 0.25) is 10.0 Å². The summed E-state index contributed by atoms with van der Waals surface area (Å²) < 4.78 is 0. The molecule has 1 amide bonds. The van der Waals surface area contributed by atoms with Gasteiger partial charge < -0.3 is 4.90 Å². The minimum absolute atomic E-state index is 0.0490. The number of rotatable bonds is 2. The van der Waals surface area contributed by atoms with Gasteiger partial charge in [-0.05, 0) is 25.0 Å². The first-order valence-electron chi connectivity index (χ1n) is 7.04. The molecule has 1 atom stereocenters. The van der Waals surface area contributed by atoms with Crippen LogP contribution in [0.3, 0.4) is 0 Å². The molecule has 3 rings (SSSR count). The molecule has 2 fully saturated rings. The highest BCUT2D eigenvalue weighted by molar-refractivity contribution is 7.99. The molecule has 0 unspecified atom stereocenters. The number of thioether (sulfide) groups is 1. The van der Waals surface area contributed by atoms with E-state index in [-0.39, 0.29) is 11.3 Å². The Bertz CT molecular complexity index is 517. The lowest BCUT2D eigenvalue weighted by Gasteiger charge is -2.27. The second-order valence-corrected chi connectivity index (χ2v) is 7.43. The van der Waals surface area contributed by atoms with Gasteiger partial charge in [-0.2, -0.15) is 0 Å². The Morgan fingerprint density at radius 1 is 1.25 bits per heavy atom. The topological polar surface area (TPSA) is 20.3 Å². The SMILES string of the molecule is O=C(C1CCCC1)N1CCS[C@@H]1c1ccc(Cl)cc1Cl. The van der Waals surface area contributed by atoms with E-state index in [1.165, 1.54) is 12.8 Å². The summed E-state index contributed by atoms with van der Waals surface area (Å²) >= 11 is 14.0. The molecule has 1 saturated heterocycles. The third-order valence-corrected chi connectivity index (χ3v) is 5.91. The maximum atomic E-state index is 12.7. The van der Waals surface area contributed by atoms with Crippen LogP contribution in [0.5, 0.6) is 0 Å². The molecule has 0 bridgehead atoms. The monoisotopic (exact) mass is 329 g/mol. The van der Waals surface area contributed by atoms with Gasteiger partial charge in [0, 0.05) is 33.8 Å². The predicted octanol–water partition coefficient (Wildman–Crippen LogP) is 4.76. The van der Waals surface area contributed by atoms with E-state index in [4.69, 9.17) is 23.2 Å². The van der Waals surface area contributed by atoms with Crippen molar-refractivity contribution in [1.29, 1.82) is 0 Å². The van der Waals surface area contributed by atoms with Crippen molar-refractivity contribution >= 4 is 40.9 Å². The fourth-order valence-corrected chi connectivity index (χ4v) is 4.94. The van der Waals surface area contributed by atoms with Gasteiger partial charge in [0.25, 0.3) is 0 Å². The Balaban J connectivity index is 1.82. The van der Waals surface area contributed by atoms with Crippen molar-refractivity contribution in [2.45, 2.75) is 31.1 Å². The molecular weight excluding hydrogens is 313 g/mol. The Kier molecular flexibility index (Phi) is 4.49. The molecule has 5 heteroatoms. The maximum absolute atomic E-state index is 12.7. The summed E-state index contributed by atoms with van der Waals surface area (Å²) in [6, 6.07) is 5.55. The van der Waals surface area contributed by atoms with Crippen LogP contribution < -0.4 is 0 Å². The third-order valence-electron chi connectivity index (χ3n) is 4.11. The lowest BCUT2D eigenvalue weighted by atomic mass is 10.1. The normalized spacial score (nSPS) is 23.5. The van der Waals surface area contributed by atoms with Crippen LogP contribution in [0.4, 0.5) is 0 Å². The highest BCUT2D eigenvalue weighted by Gasteiger charge is 2.36. The zero-order chi connectivity index (χ0) is 14.1. The Morgan fingerprint density at radius 2 is 2.00 bits per heavy atom. The molecule has 1 saturated carbocycles. The number of halogens is 2. The van der Waals surface area contributed by atoms with E-state index in [0.717, 1.165) is 30.7 Å². The quantitative estimate of drug-likeness (QED) is 0.779. The van der Waals surface area contributed by atoms with E-state index >= 15 is 0 Å². The number of nitrogens with zero attached hydrogens (tertiary/aromatic N) is 1. The molecular formula is C15H17Cl2NOS. The van der Waals surface area contributed by atoms with Crippen LogP contribution >= 0.6 is 35.0 Å². The van der Waals surface area contributed by atoms with Gasteiger partial charge in [-0.1, -0.05) is 42.1 Å². The number of benzene rings is 1. The smallest absolute Gasteiger partial charge is 0.226 e. The summed E-state index contributed by atoms with van der Waals surface area (Å²) in [4.78, 5) is 14.7. The lowest BCUT2D eigenvalue weighted by Crippen LogP contribution is -2.34. The molecule has 0 spiro atoms.